The van der Waals surface area contributed by atoms with Gasteiger partial charge in [0.05, 0.1) is 7.11 Å². The number of ether oxygens (including phenoxy) is 1. The minimum Gasteiger partial charge on any atom is -0.496 e. The molecular formula is C22H33NO. The molecule has 1 saturated heterocycles. The molecule has 2 heteroatoms. The summed E-state index contributed by atoms with van der Waals surface area (Å²) in [6, 6.07) is 7.54. The molecule has 2 bridgehead atoms. The Labute approximate surface area is 147 Å². The maximum atomic E-state index is 5.63. The van der Waals surface area contributed by atoms with E-state index in [4.69, 9.17) is 4.74 Å². The van der Waals surface area contributed by atoms with E-state index >= 15 is 0 Å². The highest BCUT2D eigenvalue weighted by atomic mass is 16.5. The fourth-order valence-corrected chi connectivity index (χ4v) is 5.67. The van der Waals surface area contributed by atoms with Crippen molar-refractivity contribution < 1.29 is 4.74 Å². The summed E-state index contributed by atoms with van der Waals surface area (Å²) >= 11 is 0. The molecule has 0 spiro atoms. The Morgan fingerprint density at radius 1 is 0.917 bits per heavy atom. The predicted octanol–water partition coefficient (Wildman–Crippen LogP) is 5.15. The molecule has 1 aliphatic heterocycles. The standard InChI is InChI=1S/C22H33NO/c1-16-3-8-22(24-2)21(13-16)19-9-11-23(12-10-19)20-7-6-17-4-5-18(14-17)15-20/h3,8,13,17-20H,4-7,9-12,14-15H2,1-2H3/t17-,18+,20?/m1/s1. The van der Waals surface area contributed by atoms with Gasteiger partial charge in [0, 0.05) is 6.04 Å². The molecule has 3 fully saturated rings. The molecule has 24 heavy (non-hydrogen) atoms. The number of piperidine rings is 1. The zero-order chi connectivity index (χ0) is 16.5. The fraction of sp³-hybridized carbons (Fsp3) is 0.727. The molecule has 0 aromatic heterocycles. The third kappa shape index (κ3) is 3.35. The summed E-state index contributed by atoms with van der Waals surface area (Å²) in [6.07, 6.45) is 11.6. The van der Waals surface area contributed by atoms with Crippen molar-refractivity contribution in [3.63, 3.8) is 0 Å². The molecule has 2 nitrogen and oxygen atoms in total. The van der Waals surface area contributed by atoms with E-state index in [1.165, 1.54) is 75.6 Å². The van der Waals surface area contributed by atoms with Gasteiger partial charge in [0.1, 0.15) is 5.75 Å². The molecule has 4 rings (SSSR count). The normalized spacial score (nSPS) is 31.8. The van der Waals surface area contributed by atoms with Gasteiger partial charge >= 0.3 is 0 Å². The number of rotatable bonds is 3. The summed E-state index contributed by atoms with van der Waals surface area (Å²) in [7, 11) is 1.81. The van der Waals surface area contributed by atoms with Crippen LogP contribution in [0.5, 0.6) is 5.75 Å². The summed E-state index contributed by atoms with van der Waals surface area (Å²) in [4.78, 5) is 2.83. The van der Waals surface area contributed by atoms with Gasteiger partial charge in [0.15, 0.2) is 0 Å². The lowest BCUT2D eigenvalue weighted by atomic mass is 9.86. The fourth-order valence-electron chi connectivity index (χ4n) is 5.67. The average molecular weight is 328 g/mol. The van der Waals surface area contributed by atoms with Crippen LogP contribution in [0, 0.1) is 18.8 Å². The second-order valence-corrected chi connectivity index (χ2v) is 8.57. The van der Waals surface area contributed by atoms with Crippen LogP contribution in [-0.4, -0.2) is 31.1 Å². The second kappa shape index (κ2) is 7.07. The molecule has 132 valence electrons. The third-order valence-electron chi connectivity index (χ3n) is 7.03. The van der Waals surface area contributed by atoms with Gasteiger partial charge in [-0.1, -0.05) is 30.5 Å². The molecule has 1 aromatic rings. The van der Waals surface area contributed by atoms with Crippen molar-refractivity contribution in [2.45, 2.75) is 70.3 Å². The largest absolute Gasteiger partial charge is 0.496 e. The molecule has 2 aliphatic carbocycles. The smallest absolute Gasteiger partial charge is 0.122 e. The Morgan fingerprint density at radius 2 is 1.67 bits per heavy atom. The number of hydrogen-bond acceptors (Lipinski definition) is 2. The number of benzene rings is 1. The highest BCUT2D eigenvalue weighted by molar-refractivity contribution is 5.39. The van der Waals surface area contributed by atoms with E-state index in [-0.39, 0.29) is 0 Å². The first kappa shape index (κ1) is 16.4. The maximum absolute atomic E-state index is 5.63. The van der Waals surface area contributed by atoms with Crippen molar-refractivity contribution in [1.29, 1.82) is 0 Å². The van der Waals surface area contributed by atoms with Gasteiger partial charge in [-0.2, -0.15) is 0 Å². The predicted molar refractivity (Wildman–Crippen MR) is 99.7 cm³/mol. The molecule has 2 saturated carbocycles. The summed E-state index contributed by atoms with van der Waals surface area (Å²) in [5.74, 6) is 3.87. The lowest BCUT2D eigenvalue weighted by Gasteiger charge is -2.39. The first-order valence-corrected chi connectivity index (χ1v) is 10.1. The SMILES string of the molecule is COc1ccc(C)cc1C1CCN(C2CC[C@H]3CC[C@H](C2)C3)CC1. The molecule has 0 radical (unpaired) electrons. The number of aryl methyl sites for hydroxylation is 1. The second-order valence-electron chi connectivity index (χ2n) is 8.57. The molecule has 1 heterocycles. The molecule has 1 aromatic carbocycles. The summed E-state index contributed by atoms with van der Waals surface area (Å²) in [5, 5.41) is 0. The number of hydrogen-bond donors (Lipinski definition) is 0. The molecule has 1 unspecified atom stereocenters. The zero-order valence-electron chi connectivity index (χ0n) is 15.5. The van der Waals surface area contributed by atoms with Crippen LogP contribution in [0.15, 0.2) is 18.2 Å². The van der Waals surface area contributed by atoms with E-state index in [2.05, 4.69) is 30.0 Å². The van der Waals surface area contributed by atoms with Crippen molar-refractivity contribution in [2.24, 2.45) is 11.8 Å². The Kier molecular flexibility index (Phi) is 4.85. The molecular weight excluding hydrogens is 294 g/mol. The van der Waals surface area contributed by atoms with Gasteiger partial charge in [0.25, 0.3) is 0 Å². The van der Waals surface area contributed by atoms with E-state index in [0.29, 0.717) is 5.92 Å². The van der Waals surface area contributed by atoms with Gasteiger partial charge in [0.2, 0.25) is 0 Å². The summed E-state index contributed by atoms with van der Waals surface area (Å²) in [6.45, 7) is 4.76. The van der Waals surface area contributed by atoms with E-state index in [1.54, 1.807) is 0 Å². The zero-order valence-corrected chi connectivity index (χ0v) is 15.5. The van der Waals surface area contributed by atoms with E-state index in [9.17, 15) is 0 Å². The van der Waals surface area contributed by atoms with Crippen molar-refractivity contribution in [2.75, 3.05) is 20.2 Å². The van der Waals surface area contributed by atoms with Crippen LogP contribution in [0.25, 0.3) is 0 Å². The van der Waals surface area contributed by atoms with E-state index in [0.717, 1.165) is 23.6 Å². The Morgan fingerprint density at radius 3 is 2.46 bits per heavy atom. The van der Waals surface area contributed by atoms with Crippen molar-refractivity contribution in [3.8, 4) is 5.75 Å². The summed E-state index contributed by atoms with van der Waals surface area (Å²) < 4.78 is 5.63. The van der Waals surface area contributed by atoms with Crippen molar-refractivity contribution in [3.05, 3.63) is 29.3 Å². The number of fused-ring (bicyclic) bond motifs is 2. The van der Waals surface area contributed by atoms with Crippen LogP contribution in [-0.2, 0) is 0 Å². The Bertz CT molecular complexity index is 561. The van der Waals surface area contributed by atoms with Crippen LogP contribution in [0.4, 0.5) is 0 Å². The molecule has 0 amide bonds. The van der Waals surface area contributed by atoms with Gasteiger partial charge in [-0.05, 0) is 87.9 Å². The Balaban J connectivity index is 1.39. The van der Waals surface area contributed by atoms with Crippen LogP contribution < -0.4 is 4.74 Å². The maximum Gasteiger partial charge on any atom is 0.122 e. The lowest BCUT2D eigenvalue weighted by molar-refractivity contribution is 0.125. The number of methoxy groups -OCH3 is 1. The number of likely N-dealkylation sites (tertiary alicyclic amines) is 1. The van der Waals surface area contributed by atoms with Gasteiger partial charge < -0.3 is 9.64 Å². The van der Waals surface area contributed by atoms with Gasteiger partial charge in [-0.15, -0.1) is 0 Å². The highest BCUT2D eigenvalue weighted by Crippen LogP contribution is 2.43. The van der Waals surface area contributed by atoms with Gasteiger partial charge in [-0.3, -0.25) is 0 Å². The van der Waals surface area contributed by atoms with Gasteiger partial charge in [-0.25, -0.2) is 0 Å². The third-order valence-corrected chi connectivity index (χ3v) is 7.03. The monoisotopic (exact) mass is 327 g/mol. The lowest BCUT2D eigenvalue weighted by Crippen LogP contribution is -2.41. The summed E-state index contributed by atoms with van der Waals surface area (Å²) in [5.41, 5.74) is 2.80. The first-order chi connectivity index (χ1) is 11.7. The van der Waals surface area contributed by atoms with Crippen LogP contribution in [0.3, 0.4) is 0 Å². The van der Waals surface area contributed by atoms with E-state index < -0.39 is 0 Å². The van der Waals surface area contributed by atoms with Crippen LogP contribution in [0.1, 0.15) is 68.4 Å². The van der Waals surface area contributed by atoms with Crippen LogP contribution in [0.2, 0.25) is 0 Å². The molecule has 0 N–H and O–H groups in total. The molecule has 3 aliphatic rings. The van der Waals surface area contributed by atoms with Crippen molar-refractivity contribution in [1.82, 2.24) is 4.90 Å². The Hall–Kier alpha value is -1.02. The number of nitrogens with zero attached hydrogens (tertiary/aromatic N) is 1. The van der Waals surface area contributed by atoms with E-state index in [1.807, 2.05) is 7.11 Å². The molecule has 3 atom stereocenters. The minimum atomic E-state index is 0.679. The topological polar surface area (TPSA) is 12.5 Å². The first-order valence-electron chi connectivity index (χ1n) is 10.1. The van der Waals surface area contributed by atoms with Crippen LogP contribution >= 0.6 is 0 Å². The van der Waals surface area contributed by atoms with Crippen molar-refractivity contribution >= 4 is 0 Å². The highest BCUT2D eigenvalue weighted by Gasteiger charge is 2.34. The average Bonchev–Trinajstić information content (AvgIpc) is 2.94. The minimum absolute atomic E-state index is 0.679. The quantitative estimate of drug-likeness (QED) is 0.761.